The van der Waals surface area contributed by atoms with Crippen molar-refractivity contribution < 1.29 is 17.3 Å². The molecule has 10 heteroatoms. The van der Waals surface area contributed by atoms with E-state index in [1.165, 1.54) is 30.0 Å². The van der Waals surface area contributed by atoms with Crippen LogP contribution in [0.1, 0.15) is 23.9 Å². The molecule has 152 valence electrons. The van der Waals surface area contributed by atoms with Crippen molar-refractivity contribution in [3.8, 4) is 11.5 Å². The van der Waals surface area contributed by atoms with E-state index in [1.54, 1.807) is 30.5 Å². The molecule has 0 saturated heterocycles. The van der Waals surface area contributed by atoms with Crippen molar-refractivity contribution in [2.24, 2.45) is 5.10 Å². The topological polar surface area (TPSA) is 98.6 Å². The highest BCUT2D eigenvalue weighted by atomic mass is 32.2. The number of aryl methyl sites for hydroxylation is 2. The zero-order valence-electron chi connectivity index (χ0n) is 16.1. The van der Waals surface area contributed by atoms with Gasteiger partial charge in [0.1, 0.15) is 4.90 Å². The van der Waals surface area contributed by atoms with Crippen LogP contribution in [0.25, 0.3) is 0 Å². The van der Waals surface area contributed by atoms with Crippen molar-refractivity contribution in [2.75, 3.05) is 7.11 Å². The van der Waals surface area contributed by atoms with Crippen LogP contribution in [-0.4, -0.2) is 36.6 Å². The lowest BCUT2D eigenvalue weighted by atomic mass is 10.2. The number of nitrogens with zero attached hydrogens (tertiary/aromatic N) is 3. The van der Waals surface area contributed by atoms with Crippen LogP contribution in [-0.2, 0) is 16.5 Å². The Morgan fingerprint density at radius 3 is 2.59 bits per heavy atom. The second kappa shape index (κ2) is 8.58. The predicted molar refractivity (Wildman–Crippen MR) is 112 cm³/mol. The summed E-state index contributed by atoms with van der Waals surface area (Å²) < 4.78 is 37.5. The fourth-order valence-electron chi connectivity index (χ4n) is 2.50. The third kappa shape index (κ3) is 4.72. The molecule has 1 heterocycles. The second-order valence-electron chi connectivity index (χ2n) is 6.12. The summed E-state index contributed by atoms with van der Waals surface area (Å²) in [5.74, 6) is 1.04. The lowest BCUT2D eigenvalue weighted by Gasteiger charge is -2.11. The van der Waals surface area contributed by atoms with Gasteiger partial charge in [0.05, 0.1) is 13.3 Å². The van der Waals surface area contributed by atoms with Gasteiger partial charge in [-0.25, -0.2) is 0 Å². The van der Waals surface area contributed by atoms with Crippen LogP contribution < -0.4 is 8.92 Å². The van der Waals surface area contributed by atoms with Gasteiger partial charge < -0.3 is 8.92 Å². The average Bonchev–Trinajstić information content (AvgIpc) is 3.06. The molecule has 1 N–H and O–H groups in total. The van der Waals surface area contributed by atoms with Crippen LogP contribution in [0.5, 0.6) is 11.5 Å². The highest BCUT2D eigenvalue weighted by Gasteiger charge is 2.19. The van der Waals surface area contributed by atoms with E-state index in [-0.39, 0.29) is 16.4 Å². The normalized spacial score (nSPS) is 11.7. The van der Waals surface area contributed by atoms with E-state index in [4.69, 9.17) is 21.1 Å². The molecule has 29 heavy (non-hydrogen) atoms. The standard InChI is InChI=1S/C19H20N4O4S2/c1-4-18-21-22-19(28)23(18)20-12-14-7-10-16(17(11-14)26-3)27-29(24,25)15-8-5-13(2)6-9-15/h5-12H,4H2,1-3H3,(H,22,28)/b20-12+. The molecule has 3 rings (SSSR count). The van der Waals surface area contributed by atoms with E-state index in [2.05, 4.69) is 15.3 Å². The van der Waals surface area contributed by atoms with Gasteiger partial charge in [-0.15, -0.1) is 0 Å². The molecule has 0 unspecified atom stereocenters. The van der Waals surface area contributed by atoms with Crippen molar-refractivity contribution in [2.45, 2.75) is 25.2 Å². The Morgan fingerprint density at radius 1 is 1.21 bits per heavy atom. The zero-order chi connectivity index (χ0) is 21.0. The van der Waals surface area contributed by atoms with Crippen LogP contribution in [0.2, 0.25) is 0 Å². The zero-order valence-corrected chi connectivity index (χ0v) is 17.8. The number of aromatic nitrogens is 3. The minimum Gasteiger partial charge on any atom is -0.493 e. The summed E-state index contributed by atoms with van der Waals surface area (Å²) in [7, 11) is -2.55. The number of H-pyrrole nitrogens is 1. The van der Waals surface area contributed by atoms with Gasteiger partial charge in [-0.05, 0) is 55.0 Å². The summed E-state index contributed by atoms with van der Waals surface area (Å²) >= 11 is 5.16. The van der Waals surface area contributed by atoms with Crippen LogP contribution in [0.15, 0.2) is 52.5 Å². The number of hydrogen-bond donors (Lipinski definition) is 1. The molecule has 0 aliphatic carbocycles. The Labute approximate surface area is 173 Å². The summed E-state index contributed by atoms with van der Waals surface area (Å²) in [6.45, 7) is 3.82. The van der Waals surface area contributed by atoms with Crippen LogP contribution in [0.4, 0.5) is 0 Å². The van der Waals surface area contributed by atoms with Crippen molar-refractivity contribution in [3.63, 3.8) is 0 Å². The second-order valence-corrected chi connectivity index (χ2v) is 8.05. The Bertz CT molecular complexity index is 1200. The largest absolute Gasteiger partial charge is 0.493 e. The SMILES string of the molecule is CCc1n[nH]c(=S)n1/N=C/c1ccc(OS(=O)(=O)c2ccc(C)cc2)c(OC)c1. The molecule has 0 fully saturated rings. The molecule has 0 aliphatic heterocycles. The minimum atomic E-state index is -3.98. The maximum absolute atomic E-state index is 12.5. The van der Waals surface area contributed by atoms with Gasteiger partial charge in [-0.2, -0.15) is 23.3 Å². The monoisotopic (exact) mass is 432 g/mol. The molecule has 0 aliphatic rings. The molecule has 2 aromatic carbocycles. The van der Waals surface area contributed by atoms with E-state index in [9.17, 15) is 8.42 Å². The summed E-state index contributed by atoms with van der Waals surface area (Å²) in [6, 6.07) is 11.2. The van der Waals surface area contributed by atoms with E-state index in [0.29, 0.717) is 22.6 Å². The summed E-state index contributed by atoms with van der Waals surface area (Å²) in [6.07, 6.45) is 2.24. The molecule has 3 aromatic rings. The van der Waals surface area contributed by atoms with Gasteiger partial charge >= 0.3 is 10.1 Å². The fourth-order valence-corrected chi connectivity index (χ4v) is 3.64. The van der Waals surface area contributed by atoms with Crippen molar-refractivity contribution in [3.05, 3.63) is 64.2 Å². The van der Waals surface area contributed by atoms with Crippen molar-refractivity contribution in [1.29, 1.82) is 0 Å². The molecule has 0 amide bonds. The molecular weight excluding hydrogens is 412 g/mol. The smallest absolute Gasteiger partial charge is 0.339 e. The minimum absolute atomic E-state index is 0.0669. The highest BCUT2D eigenvalue weighted by molar-refractivity contribution is 7.87. The molecule has 8 nitrogen and oxygen atoms in total. The summed E-state index contributed by atoms with van der Waals surface area (Å²) in [4.78, 5) is 0.0669. The first-order chi connectivity index (χ1) is 13.8. The Hall–Kier alpha value is -2.98. The predicted octanol–water partition coefficient (Wildman–Crippen LogP) is 3.47. The van der Waals surface area contributed by atoms with Gasteiger partial charge in [0.15, 0.2) is 17.3 Å². The number of methoxy groups -OCH3 is 1. The molecule has 0 saturated carbocycles. The maximum atomic E-state index is 12.5. The molecule has 1 aromatic heterocycles. The Morgan fingerprint density at radius 2 is 1.93 bits per heavy atom. The number of benzene rings is 2. The van der Waals surface area contributed by atoms with Gasteiger partial charge in [-0.1, -0.05) is 24.6 Å². The van der Waals surface area contributed by atoms with Crippen LogP contribution in [0.3, 0.4) is 0 Å². The average molecular weight is 433 g/mol. The molecule has 0 radical (unpaired) electrons. The van der Waals surface area contributed by atoms with E-state index in [1.807, 2.05) is 13.8 Å². The molecule has 0 atom stereocenters. The van der Waals surface area contributed by atoms with Crippen molar-refractivity contribution >= 4 is 28.6 Å². The van der Waals surface area contributed by atoms with E-state index >= 15 is 0 Å². The summed E-state index contributed by atoms with van der Waals surface area (Å²) in [5.41, 5.74) is 1.63. The third-order valence-electron chi connectivity index (χ3n) is 4.05. The maximum Gasteiger partial charge on any atom is 0.339 e. The number of nitrogens with one attached hydrogen (secondary N) is 1. The lowest BCUT2D eigenvalue weighted by molar-refractivity contribution is 0.390. The summed E-state index contributed by atoms with van der Waals surface area (Å²) in [5, 5.41) is 11.1. The van der Waals surface area contributed by atoms with Crippen LogP contribution >= 0.6 is 12.2 Å². The van der Waals surface area contributed by atoms with Gasteiger partial charge in [-0.3, -0.25) is 5.10 Å². The molecular formula is C19H20N4O4S2. The fraction of sp³-hybridized carbons (Fsp3) is 0.211. The van der Waals surface area contributed by atoms with Gasteiger partial charge in [0.2, 0.25) is 4.77 Å². The molecule has 0 bridgehead atoms. The number of ether oxygens (including phenoxy) is 1. The van der Waals surface area contributed by atoms with E-state index in [0.717, 1.165) is 5.56 Å². The first-order valence-corrected chi connectivity index (χ1v) is 10.6. The highest BCUT2D eigenvalue weighted by Crippen LogP contribution is 2.30. The van der Waals surface area contributed by atoms with Gasteiger partial charge in [0.25, 0.3) is 0 Å². The van der Waals surface area contributed by atoms with Gasteiger partial charge in [0, 0.05) is 6.42 Å². The first kappa shape index (κ1) is 20.7. The number of aromatic amines is 1. The number of rotatable bonds is 7. The quantitative estimate of drug-likeness (QED) is 0.349. The van der Waals surface area contributed by atoms with Crippen LogP contribution in [0, 0.1) is 11.7 Å². The Balaban J connectivity index is 1.87. The molecule has 0 spiro atoms. The Kier molecular flexibility index (Phi) is 6.14. The first-order valence-electron chi connectivity index (χ1n) is 8.74. The lowest BCUT2D eigenvalue weighted by Crippen LogP contribution is -2.10. The number of hydrogen-bond acceptors (Lipinski definition) is 7. The van der Waals surface area contributed by atoms with Crippen molar-refractivity contribution in [1.82, 2.24) is 14.9 Å². The van der Waals surface area contributed by atoms with E-state index < -0.39 is 10.1 Å². The third-order valence-corrected chi connectivity index (χ3v) is 5.57.